The van der Waals surface area contributed by atoms with Crippen molar-refractivity contribution in [2.24, 2.45) is 0 Å². The molecule has 0 aliphatic carbocycles. The average Bonchev–Trinajstić information content (AvgIpc) is 2.80. The maximum Gasteiger partial charge on any atom is 0.358 e. The Kier molecular flexibility index (Phi) is 3.52. The van der Waals surface area contributed by atoms with Gasteiger partial charge in [0.25, 0.3) is 0 Å². The third-order valence-corrected chi connectivity index (χ3v) is 2.51. The van der Waals surface area contributed by atoms with Gasteiger partial charge in [-0.25, -0.2) is 9.48 Å². The number of aryl methyl sites for hydroxylation is 1. The molecule has 0 aliphatic rings. The Morgan fingerprint density at radius 2 is 2.06 bits per heavy atom. The highest BCUT2D eigenvalue weighted by molar-refractivity contribution is 5.90. The lowest BCUT2D eigenvalue weighted by atomic mass is 10.2. The molecule has 5 heteroatoms. The predicted molar refractivity (Wildman–Crippen MR) is 68.0 cm³/mol. The highest BCUT2D eigenvalue weighted by atomic mass is 16.4. The zero-order valence-electron chi connectivity index (χ0n) is 9.95. The van der Waals surface area contributed by atoms with Crippen molar-refractivity contribution in [3.05, 3.63) is 47.3 Å². The second-order valence-electron chi connectivity index (χ2n) is 3.69. The zero-order chi connectivity index (χ0) is 13.0. The molecule has 1 heterocycles. The first kappa shape index (κ1) is 12.0. The monoisotopic (exact) mass is 243 g/mol. The number of nitrogens with zero attached hydrogens (tertiary/aromatic N) is 3. The van der Waals surface area contributed by atoms with E-state index in [1.165, 1.54) is 0 Å². The van der Waals surface area contributed by atoms with Gasteiger partial charge in [0, 0.05) is 6.54 Å². The fourth-order valence-corrected chi connectivity index (χ4v) is 1.61. The van der Waals surface area contributed by atoms with Crippen LogP contribution in [0, 0.1) is 0 Å². The molecule has 2 rings (SSSR count). The third-order valence-electron chi connectivity index (χ3n) is 2.51. The number of aromatic nitrogens is 3. The first-order valence-electron chi connectivity index (χ1n) is 5.62. The van der Waals surface area contributed by atoms with Crippen molar-refractivity contribution in [3.63, 3.8) is 0 Å². The number of hydrogen-bond donors (Lipinski definition) is 1. The van der Waals surface area contributed by atoms with Crippen molar-refractivity contribution in [1.29, 1.82) is 0 Å². The molecule has 0 saturated carbocycles. The molecule has 1 aromatic carbocycles. The van der Waals surface area contributed by atoms with Gasteiger partial charge in [0.2, 0.25) is 0 Å². The topological polar surface area (TPSA) is 68.0 Å². The third kappa shape index (κ3) is 2.45. The number of benzene rings is 1. The van der Waals surface area contributed by atoms with Crippen molar-refractivity contribution < 1.29 is 9.90 Å². The molecule has 2 aromatic rings. The summed E-state index contributed by atoms with van der Waals surface area (Å²) >= 11 is 0. The molecule has 0 atom stereocenters. The quantitative estimate of drug-likeness (QED) is 0.893. The van der Waals surface area contributed by atoms with Crippen LogP contribution >= 0.6 is 0 Å². The highest BCUT2D eigenvalue weighted by Crippen LogP contribution is 2.11. The molecule has 18 heavy (non-hydrogen) atoms. The van der Waals surface area contributed by atoms with Gasteiger partial charge in [0.15, 0.2) is 5.69 Å². The molecule has 5 nitrogen and oxygen atoms in total. The van der Waals surface area contributed by atoms with Gasteiger partial charge in [0.1, 0.15) is 0 Å². The van der Waals surface area contributed by atoms with E-state index in [-0.39, 0.29) is 5.69 Å². The number of carboxylic acid groups (broad SMARTS) is 1. The SMILES string of the molecule is CCn1nnc(C(=O)O)c1/C=C/c1ccccc1. The van der Waals surface area contributed by atoms with Crippen molar-refractivity contribution in [2.75, 3.05) is 0 Å². The summed E-state index contributed by atoms with van der Waals surface area (Å²) in [5, 5.41) is 16.5. The van der Waals surface area contributed by atoms with Gasteiger partial charge >= 0.3 is 5.97 Å². The van der Waals surface area contributed by atoms with Crippen LogP contribution in [0.25, 0.3) is 12.2 Å². The molecule has 0 spiro atoms. The van der Waals surface area contributed by atoms with Gasteiger partial charge in [-0.05, 0) is 18.6 Å². The summed E-state index contributed by atoms with van der Waals surface area (Å²) in [6.45, 7) is 2.47. The van der Waals surface area contributed by atoms with Crippen molar-refractivity contribution in [2.45, 2.75) is 13.5 Å². The van der Waals surface area contributed by atoms with Crippen LogP contribution in [0.3, 0.4) is 0 Å². The Morgan fingerprint density at radius 3 is 2.67 bits per heavy atom. The second kappa shape index (κ2) is 5.27. The van der Waals surface area contributed by atoms with Gasteiger partial charge < -0.3 is 5.11 Å². The minimum atomic E-state index is -1.07. The number of carbonyl (C=O) groups is 1. The zero-order valence-corrected chi connectivity index (χ0v) is 9.95. The van der Waals surface area contributed by atoms with E-state index in [2.05, 4.69) is 10.3 Å². The molecule has 0 amide bonds. The summed E-state index contributed by atoms with van der Waals surface area (Å²) in [6.07, 6.45) is 3.57. The molecule has 0 saturated heterocycles. The Morgan fingerprint density at radius 1 is 1.33 bits per heavy atom. The minimum absolute atomic E-state index is 0.0240. The van der Waals surface area contributed by atoms with E-state index in [1.807, 2.05) is 43.3 Å². The van der Waals surface area contributed by atoms with Crippen LogP contribution in [-0.4, -0.2) is 26.1 Å². The maximum atomic E-state index is 11.0. The van der Waals surface area contributed by atoms with E-state index >= 15 is 0 Å². The summed E-state index contributed by atoms with van der Waals surface area (Å²) < 4.78 is 1.56. The molecule has 0 bridgehead atoms. The Hall–Kier alpha value is -2.43. The van der Waals surface area contributed by atoms with E-state index in [4.69, 9.17) is 5.11 Å². The number of hydrogen-bond acceptors (Lipinski definition) is 3. The summed E-state index contributed by atoms with van der Waals surface area (Å²) in [5.74, 6) is -1.07. The van der Waals surface area contributed by atoms with Crippen LogP contribution in [-0.2, 0) is 6.54 Å². The van der Waals surface area contributed by atoms with Crippen LogP contribution < -0.4 is 0 Å². The van der Waals surface area contributed by atoms with Crippen LogP contribution in [0.1, 0.15) is 28.7 Å². The highest BCUT2D eigenvalue weighted by Gasteiger charge is 2.15. The molecule has 0 fully saturated rings. The smallest absolute Gasteiger partial charge is 0.358 e. The van der Waals surface area contributed by atoms with Crippen LogP contribution in [0.15, 0.2) is 30.3 Å². The van der Waals surface area contributed by atoms with Gasteiger partial charge in [-0.1, -0.05) is 41.6 Å². The van der Waals surface area contributed by atoms with Gasteiger partial charge in [-0.3, -0.25) is 0 Å². The standard InChI is InChI=1S/C13H13N3O2/c1-2-16-11(12(13(17)18)14-15-16)9-8-10-6-4-3-5-7-10/h3-9H,2H2,1H3,(H,17,18)/b9-8+. The molecule has 0 unspecified atom stereocenters. The lowest BCUT2D eigenvalue weighted by molar-refractivity contribution is 0.0690. The van der Waals surface area contributed by atoms with Crippen LogP contribution in [0.2, 0.25) is 0 Å². The second-order valence-corrected chi connectivity index (χ2v) is 3.69. The normalized spacial score (nSPS) is 10.9. The maximum absolute atomic E-state index is 11.0. The molecular formula is C13H13N3O2. The van der Waals surface area contributed by atoms with E-state index in [0.717, 1.165) is 5.56 Å². The van der Waals surface area contributed by atoms with E-state index in [9.17, 15) is 4.79 Å². The summed E-state index contributed by atoms with van der Waals surface area (Å²) in [4.78, 5) is 11.0. The molecule has 92 valence electrons. The average molecular weight is 243 g/mol. The Balaban J connectivity index is 2.36. The summed E-state index contributed by atoms with van der Waals surface area (Å²) in [5.41, 5.74) is 1.48. The van der Waals surface area contributed by atoms with E-state index in [0.29, 0.717) is 12.2 Å². The molecule has 0 radical (unpaired) electrons. The summed E-state index contributed by atoms with van der Waals surface area (Å²) in [6, 6.07) is 9.66. The Bertz CT molecular complexity index is 573. The first-order valence-corrected chi connectivity index (χ1v) is 5.62. The van der Waals surface area contributed by atoms with Gasteiger partial charge in [-0.2, -0.15) is 0 Å². The molecule has 1 N–H and O–H groups in total. The van der Waals surface area contributed by atoms with E-state index < -0.39 is 5.97 Å². The number of aromatic carboxylic acids is 1. The lowest BCUT2D eigenvalue weighted by Gasteiger charge is -1.98. The number of carboxylic acids is 1. The molecular weight excluding hydrogens is 230 g/mol. The van der Waals surface area contributed by atoms with Crippen molar-refractivity contribution in [1.82, 2.24) is 15.0 Å². The summed E-state index contributed by atoms with van der Waals surface area (Å²) in [7, 11) is 0. The lowest BCUT2D eigenvalue weighted by Crippen LogP contribution is -2.03. The largest absolute Gasteiger partial charge is 0.476 e. The Labute approximate surface area is 104 Å². The van der Waals surface area contributed by atoms with Gasteiger partial charge in [0.05, 0.1) is 5.69 Å². The van der Waals surface area contributed by atoms with Crippen LogP contribution in [0.4, 0.5) is 0 Å². The fraction of sp³-hybridized carbons (Fsp3) is 0.154. The van der Waals surface area contributed by atoms with Gasteiger partial charge in [-0.15, -0.1) is 5.10 Å². The number of rotatable bonds is 4. The van der Waals surface area contributed by atoms with Crippen LogP contribution in [0.5, 0.6) is 0 Å². The first-order chi connectivity index (χ1) is 8.72. The molecule has 0 aliphatic heterocycles. The van der Waals surface area contributed by atoms with Crippen molar-refractivity contribution in [3.8, 4) is 0 Å². The predicted octanol–water partition coefficient (Wildman–Crippen LogP) is 2.17. The van der Waals surface area contributed by atoms with Crippen molar-refractivity contribution >= 4 is 18.1 Å². The minimum Gasteiger partial charge on any atom is -0.476 e. The molecule has 1 aromatic heterocycles. The fourth-order valence-electron chi connectivity index (χ4n) is 1.61. The van der Waals surface area contributed by atoms with E-state index in [1.54, 1.807) is 10.8 Å².